The quantitative estimate of drug-likeness (QED) is 0.158. The minimum absolute atomic E-state index is 0.00364. The van der Waals surface area contributed by atoms with E-state index in [4.69, 9.17) is 9.47 Å². The summed E-state index contributed by atoms with van der Waals surface area (Å²) in [5.74, 6) is 0.733. The van der Waals surface area contributed by atoms with Gasteiger partial charge in [-0.1, -0.05) is 103 Å². The first kappa shape index (κ1) is 29.9. The van der Waals surface area contributed by atoms with Crippen LogP contribution in [0.15, 0.2) is 138 Å². The molecule has 1 heterocycles. The molecule has 0 aliphatic carbocycles. The van der Waals surface area contributed by atoms with Crippen molar-refractivity contribution in [1.82, 2.24) is 5.32 Å². The molecule has 0 aromatic heterocycles. The van der Waals surface area contributed by atoms with Gasteiger partial charge in [0, 0.05) is 34.7 Å². The summed E-state index contributed by atoms with van der Waals surface area (Å²) in [5, 5.41) is 12.5. The average Bonchev–Trinajstić information content (AvgIpc) is 3.10. The van der Waals surface area contributed by atoms with Gasteiger partial charge in [-0.15, -0.1) is 11.8 Å². The minimum Gasteiger partial charge on any atom is -0.392 e. The summed E-state index contributed by atoms with van der Waals surface area (Å²) in [6.45, 7) is 0.470. The maximum atomic E-state index is 12.5. The molecule has 6 heteroatoms. The summed E-state index contributed by atoms with van der Waals surface area (Å²) >= 11 is 1.79. The third-order valence-electron chi connectivity index (χ3n) is 7.73. The number of amides is 1. The van der Waals surface area contributed by atoms with Crippen molar-refractivity contribution in [2.24, 2.45) is 0 Å². The highest BCUT2D eigenvalue weighted by molar-refractivity contribution is 7.99. The number of ether oxygens (including phenoxy) is 2. The molecule has 0 unspecified atom stereocenters. The fourth-order valence-corrected chi connectivity index (χ4v) is 6.24. The molecular formula is C38H35NO4S. The molecule has 44 heavy (non-hydrogen) atoms. The number of carbonyl (C=O) groups excluding carboxylic acids is 1. The van der Waals surface area contributed by atoms with Gasteiger partial charge in [-0.3, -0.25) is 4.79 Å². The SMILES string of the molecule is O=C(NCc1cccc(-c2ccc([C@@H]3O[C@H](CSc4ccccc4)C[C@H](c4ccc(CO)cc4)O3)cc2)c1)c1ccccc1. The van der Waals surface area contributed by atoms with Crippen LogP contribution in [0.2, 0.25) is 0 Å². The Balaban J connectivity index is 1.15. The highest BCUT2D eigenvalue weighted by Crippen LogP contribution is 2.40. The summed E-state index contributed by atoms with van der Waals surface area (Å²) < 4.78 is 13.1. The van der Waals surface area contributed by atoms with Crippen molar-refractivity contribution in [2.75, 3.05) is 5.75 Å². The van der Waals surface area contributed by atoms with Gasteiger partial charge in [-0.25, -0.2) is 0 Å². The van der Waals surface area contributed by atoms with Gasteiger partial charge in [0.25, 0.3) is 5.91 Å². The van der Waals surface area contributed by atoms with E-state index in [1.54, 1.807) is 11.8 Å². The lowest BCUT2D eigenvalue weighted by Crippen LogP contribution is -2.31. The van der Waals surface area contributed by atoms with Crippen LogP contribution in [0.1, 0.15) is 51.4 Å². The van der Waals surface area contributed by atoms with E-state index >= 15 is 0 Å². The number of benzene rings is 5. The van der Waals surface area contributed by atoms with E-state index in [1.165, 1.54) is 4.90 Å². The van der Waals surface area contributed by atoms with Gasteiger partial charge in [-0.2, -0.15) is 0 Å². The van der Waals surface area contributed by atoms with Gasteiger partial charge >= 0.3 is 0 Å². The van der Waals surface area contributed by atoms with Crippen molar-refractivity contribution in [3.8, 4) is 11.1 Å². The second-order valence-electron chi connectivity index (χ2n) is 10.8. The van der Waals surface area contributed by atoms with E-state index in [1.807, 2.05) is 72.8 Å². The Kier molecular flexibility index (Phi) is 9.85. The van der Waals surface area contributed by atoms with E-state index in [9.17, 15) is 9.90 Å². The minimum atomic E-state index is -0.499. The molecule has 2 N–H and O–H groups in total. The Morgan fingerprint density at radius 3 is 2.16 bits per heavy atom. The normalized spacial score (nSPS) is 18.1. The lowest BCUT2D eigenvalue weighted by molar-refractivity contribution is -0.245. The van der Waals surface area contributed by atoms with Crippen molar-refractivity contribution in [2.45, 2.75) is 43.0 Å². The van der Waals surface area contributed by atoms with E-state index in [0.717, 1.165) is 45.6 Å². The third kappa shape index (κ3) is 7.65. The smallest absolute Gasteiger partial charge is 0.251 e. The first-order valence-corrected chi connectivity index (χ1v) is 15.8. The molecule has 0 bridgehead atoms. The molecule has 6 rings (SSSR count). The number of aliphatic hydroxyl groups excluding tert-OH is 1. The van der Waals surface area contributed by atoms with Crippen LogP contribution < -0.4 is 5.32 Å². The number of nitrogens with one attached hydrogen (secondary N) is 1. The standard InChI is InChI=1S/C38H35NO4S/c40-25-27-14-16-30(17-15-27)36-23-34(26-44-35-12-5-2-6-13-35)42-38(43-36)32-20-18-29(19-21-32)33-11-7-8-28(22-33)24-39-37(41)31-9-3-1-4-10-31/h1-22,34,36,38,40H,23-26H2,(H,39,41)/t34-,36+,38+/m0/s1. The van der Waals surface area contributed by atoms with E-state index in [0.29, 0.717) is 12.1 Å². The van der Waals surface area contributed by atoms with Crippen LogP contribution in [-0.2, 0) is 22.6 Å². The Labute approximate surface area is 262 Å². The van der Waals surface area contributed by atoms with Crippen LogP contribution in [0.3, 0.4) is 0 Å². The van der Waals surface area contributed by atoms with Crippen LogP contribution in [0.4, 0.5) is 0 Å². The zero-order valence-electron chi connectivity index (χ0n) is 24.3. The van der Waals surface area contributed by atoms with Crippen molar-refractivity contribution < 1.29 is 19.4 Å². The maximum Gasteiger partial charge on any atom is 0.251 e. The van der Waals surface area contributed by atoms with Gasteiger partial charge < -0.3 is 19.9 Å². The van der Waals surface area contributed by atoms with Crippen LogP contribution in [0.25, 0.3) is 11.1 Å². The number of hydrogen-bond donors (Lipinski definition) is 2. The van der Waals surface area contributed by atoms with Crippen molar-refractivity contribution in [1.29, 1.82) is 0 Å². The number of aliphatic hydroxyl groups is 1. The summed E-state index contributed by atoms with van der Waals surface area (Å²) in [5.41, 5.74) is 6.76. The Morgan fingerprint density at radius 1 is 0.727 bits per heavy atom. The van der Waals surface area contributed by atoms with E-state index < -0.39 is 6.29 Å². The number of thioether (sulfide) groups is 1. The zero-order valence-corrected chi connectivity index (χ0v) is 25.2. The number of hydrogen-bond acceptors (Lipinski definition) is 5. The molecule has 3 atom stereocenters. The van der Waals surface area contributed by atoms with Gasteiger partial charge in [-0.05, 0) is 58.1 Å². The van der Waals surface area contributed by atoms with Gasteiger partial charge in [0.1, 0.15) is 0 Å². The second kappa shape index (κ2) is 14.5. The lowest BCUT2D eigenvalue weighted by atomic mass is 9.99. The molecule has 1 amide bonds. The molecule has 0 spiro atoms. The highest BCUT2D eigenvalue weighted by atomic mass is 32.2. The van der Waals surface area contributed by atoms with Crippen LogP contribution >= 0.6 is 11.8 Å². The number of rotatable bonds is 10. The molecular weight excluding hydrogens is 566 g/mol. The summed E-state index contributed by atoms with van der Waals surface area (Å²) in [6, 6.07) is 44.2. The molecule has 5 nitrogen and oxygen atoms in total. The van der Waals surface area contributed by atoms with Crippen LogP contribution in [0, 0.1) is 0 Å². The van der Waals surface area contributed by atoms with E-state index in [-0.39, 0.29) is 24.7 Å². The second-order valence-corrected chi connectivity index (χ2v) is 11.9. The van der Waals surface area contributed by atoms with Gasteiger partial charge in [0.05, 0.1) is 18.8 Å². The summed E-state index contributed by atoms with van der Waals surface area (Å²) in [4.78, 5) is 13.7. The monoisotopic (exact) mass is 601 g/mol. The molecule has 1 fully saturated rings. The highest BCUT2D eigenvalue weighted by Gasteiger charge is 2.32. The van der Waals surface area contributed by atoms with Crippen LogP contribution in [-0.4, -0.2) is 22.9 Å². The molecule has 0 radical (unpaired) electrons. The molecule has 222 valence electrons. The third-order valence-corrected chi connectivity index (χ3v) is 8.87. The summed E-state index contributed by atoms with van der Waals surface area (Å²) in [6.07, 6.45) is 0.135. The first-order chi connectivity index (χ1) is 21.6. The molecule has 5 aromatic carbocycles. The maximum absolute atomic E-state index is 12.5. The fourth-order valence-electron chi connectivity index (χ4n) is 5.30. The van der Waals surface area contributed by atoms with Crippen molar-refractivity contribution >= 4 is 17.7 Å². The Bertz CT molecular complexity index is 1640. The predicted molar refractivity (Wildman–Crippen MR) is 175 cm³/mol. The molecule has 1 aliphatic heterocycles. The summed E-state index contributed by atoms with van der Waals surface area (Å²) in [7, 11) is 0. The van der Waals surface area contributed by atoms with Crippen molar-refractivity contribution in [3.63, 3.8) is 0 Å². The van der Waals surface area contributed by atoms with Crippen molar-refractivity contribution in [3.05, 3.63) is 161 Å². The van der Waals surface area contributed by atoms with Crippen LogP contribution in [0.5, 0.6) is 0 Å². The lowest BCUT2D eigenvalue weighted by Gasteiger charge is -2.36. The molecule has 1 saturated heterocycles. The van der Waals surface area contributed by atoms with E-state index in [2.05, 4.69) is 66.0 Å². The first-order valence-electron chi connectivity index (χ1n) is 14.9. The zero-order chi connectivity index (χ0) is 30.1. The topological polar surface area (TPSA) is 67.8 Å². The predicted octanol–water partition coefficient (Wildman–Crippen LogP) is 8.11. The Morgan fingerprint density at radius 2 is 1.43 bits per heavy atom. The molecule has 1 aliphatic rings. The fraction of sp³-hybridized carbons (Fsp3) is 0.184. The largest absolute Gasteiger partial charge is 0.392 e. The molecule has 5 aromatic rings. The molecule has 0 saturated carbocycles. The average molecular weight is 602 g/mol. The van der Waals surface area contributed by atoms with Gasteiger partial charge in [0.15, 0.2) is 6.29 Å². The Hall–Kier alpha value is -4.20. The van der Waals surface area contributed by atoms with Gasteiger partial charge in [0.2, 0.25) is 0 Å². The number of carbonyl (C=O) groups is 1.